The summed E-state index contributed by atoms with van der Waals surface area (Å²) in [6, 6.07) is 19.3. The van der Waals surface area contributed by atoms with Crippen LogP contribution in [0.1, 0.15) is 16.8 Å². The molecule has 1 amide bonds. The van der Waals surface area contributed by atoms with Gasteiger partial charge in [-0.25, -0.2) is 4.68 Å². The number of nitrogens with zero attached hydrogens (tertiary/aromatic N) is 3. The van der Waals surface area contributed by atoms with E-state index in [1.807, 2.05) is 67.6 Å². The Balaban J connectivity index is 1.80. The Morgan fingerprint density at radius 3 is 2.43 bits per heavy atom. The zero-order valence-corrected chi connectivity index (χ0v) is 16.4. The number of benzene rings is 2. The molecule has 0 bridgehead atoms. The minimum atomic E-state index is -0.194. The van der Waals surface area contributed by atoms with Crippen molar-refractivity contribution in [2.75, 3.05) is 13.2 Å². The zero-order chi connectivity index (χ0) is 19.9. The van der Waals surface area contributed by atoms with Gasteiger partial charge in [-0.3, -0.25) is 4.79 Å². The molecule has 144 valence electrons. The average Bonchev–Trinajstić information content (AvgIpc) is 3.01. The van der Waals surface area contributed by atoms with Gasteiger partial charge in [0.25, 0.3) is 0 Å². The lowest BCUT2D eigenvalue weighted by Crippen LogP contribution is -2.31. The van der Waals surface area contributed by atoms with Gasteiger partial charge < -0.3 is 10.0 Å². The summed E-state index contributed by atoms with van der Waals surface area (Å²) >= 11 is 6.50. The minimum absolute atomic E-state index is 0.0991. The lowest BCUT2D eigenvalue weighted by Gasteiger charge is -2.20. The van der Waals surface area contributed by atoms with Gasteiger partial charge >= 0.3 is 0 Å². The van der Waals surface area contributed by atoms with E-state index in [9.17, 15) is 9.90 Å². The van der Waals surface area contributed by atoms with Crippen molar-refractivity contribution in [3.63, 3.8) is 0 Å². The van der Waals surface area contributed by atoms with Crippen LogP contribution in [0.4, 0.5) is 0 Å². The van der Waals surface area contributed by atoms with Crippen molar-refractivity contribution in [3.05, 3.63) is 88.7 Å². The van der Waals surface area contributed by atoms with Gasteiger partial charge in [0.1, 0.15) is 5.15 Å². The van der Waals surface area contributed by atoms with Crippen LogP contribution in [0.3, 0.4) is 0 Å². The number of amides is 1. The first kappa shape index (κ1) is 19.9. The molecule has 0 aliphatic rings. The Hall–Kier alpha value is -2.89. The van der Waals surface area contributed by atoms with Gasteiger partial charge in [-0.1, -0.05) is 60.1 Å². The first-order valence-corrected chi connectivity index (χ1v) is 9.40. The highest BCUT2D eigenvalue weighted by Gasteiger charge is 2.14. The lowest BCUT2D eigenvalue weighted by molar-refractivity contribution is -0.127. The van der Waals surface area contributed by atoms with Gasteiger partial charge in [-0.2, -0.15) is 5.10 Å². The molecule has 0 unspecified atom stereocenters. The van der Waals surface area contributed by atoms with Gasteiger partial charge in [0, 0.05) is 24.7 Å². The number of halogens is 1. The van der Waals surface area contributed by atoms with E-state index in [0.29, 0.717) is 17.3 Å². The Morgan fingerprint density at radius 2 is 1.79 bits per heavy atom. The highest BCUT2D eigenvalue weighted by molar-refractivity contribution is 6.31. The maximum absolute atomic E-state index is 12.7. The molecule has 6 heteroatoms. The molecule has 3 rings (SSSR count). The first-order valence-electron chi connectivity index (χ1n) is 9.02. The molecule has 3 aromatic rings. The molecule has 0 radical (unpaired) electrons. The molecule has 5 nitrogen and oxygen atoms in total. The molecule has 0 aliphatic carbocycles. The quantitative estimate of drug-likeness (QED) is 0.618. The fourth-order valence-corrected chi connectivity index (χ4v) is 3.23. The highest BCUT2D eigenvalue weighted by atomic mass is 35.5. The van der Waals surface area contributed by atoms with E-state index in [4.69, 9.17) is 11.6 Å². The minimum Gasteiger partial charge on any atom is -0.395 e. The molecular formula is C22H22ClN3O2. The van der Waals surface area contributed by atoms with Gasteiger partial charge in [-0.15, -0.1) is 0 Å². The summed E-state index contributed by atoms with van der Waals surface area (Å²) in [7, 11) is 0. The van der Waals surface area contributed by atoms with Crippen molar-refractivity contribution in [1.29, 1.82) is 0 Å². The third kappa shape index (κ3) is 4.68. The van der Waals surface area contributed by atoms with E-state index in [-0.39, 0.29) is 19.1 Å². The first-order chi connectivity index (χ1) is 13.6. The molecule has 1 aromatic heterocycles. The van der Waals surface area contributed by atoms with Crippen LogP contribution in [0.25, 0.3) is 11.8 Å². The van der Waals surface area contributed by atoms with E-state index in [0.717, 1.165) is 16.9 Å². The second-order valence-corrected chi connectivity index (χ2v) is 6.70. The topological polar surface area (TPSA) is 58.4 Å². The summed E-state index contributed by atoms with van der Waals surface area (Å²) in [5, 5.41) is 14.2. The number of aryl methyl sites for hydroxylation is 1. The number of carbonyl (C=O) groups excluding carboxylic acids is 1. The molecule has 0 saturated heterocycles. The summed E-state index contributed by atoms with van der Waals surface area (Å²) in [6.45, 7) is 2.44. The third-order valence-electron chi connectivity index (χ3n) is 4.34. The Labute approximate surface area is 169 Å². The zero-order valence-electron chi connectivity index (χ0n) is 15.6. The second-order valence-electron chi connectivity index (χ2n) is 6.34. The maximum Gasteiger partial charge on any atom is 0.246 e. The van der Waals surface area contributed by atoms with E-state index in [1.54, 1.807) is 15.7 Å². The van der Waals surface area contributed by atoms with E-state index in [1.165, 1.54) is 6.08 Å². The molecule has 0 saturated carbocycles. The molecule has 0 aliphatic heterocycles. The summed E-state index contributed by atoms with van der Waals surface area (Å²) in [4.78, 5) is 14.3. The SMILES string of the molecule is Cc1nn(-c2ccccc2)c(Cl)c1/C=C/C(=O)N(CCO)Cc1ccccc1. The number of aliphatic hydroxyl groups excluding tert-OH is 1. The number of carbonyl (C=O) groups is 1. The Morgan fingerprint density at radius 1 is 1.14 bits per heavy atom. The summed E-state index contributed by atoms with van der Waals surface area (Å²) in [5.74, 6) is -0.194. The number of hydrogen-bond acceptors (Lipinski definition) is 3. The summed E-state index contributed by atoms with van der Waals surface area (Å²) in [5.41, 5.74) is 3.29. The fraction of sp³-hybridized carbons (Fsp3) is 0.182. The van der Waals surface area contributed by atoms with Crippen LogP contribution in [-0.2, 0) is 11.3 Å². The van der Waals surface area contributed by atoms with Gasteiger partial charge in [0.2, 0.25) is 5.91 Å². The molecule has 28 heavy (non-hydrogen) atoms. The Kier molecular flexibility index (Phi) is 6.63. The molecule has 0 atom stereocenters. The van der Waals surface area contributed by atoms with Gasteiger partial charge in [0.05, 0.1) is 18.0 Å². The monoisotopic (exact) mass is 395 g/mol. The van der Waals surface area contributed by atoms with Crippen molar-refractivity contribution in [2.45, 2.75) is 13.5 Å². The van der Waals surface area contributed by atoms with Crippen molar-refractivity contribution in [1.82, 2.24) is 14.7 Å². The van der Waals surface area contributed by atoms with Crippen LogP contribution < -0.4 is 0 Å². The predicted molar refractivity (Wildman–Crippen MR) is 111 cm³/mol. The number of hydrogen-bond donors (Lipinski definition) is 1. The molecular weight excluding hydrogens is 374 g/mol. The third-order valence-corrected chi connectivity index (χ3v) is 4.70. The van der Waals surface area contributed by atoms with Gasteiger partial charge in [0.15, 0.2) is 0 Å². The highest BCUT2D eigenvalue weighted by Crippen LogP contribution is 2.24. The van der Waals surface area contributed by atoms with Gasteiger partial charge in [-0.05, 0) is 30.7 Å². The number of aromatic nitrogens is 2. The van der Waals surface area contributed by atoms with Crippen LogP contribution in [0, 0.1) is 6.92 Å². The van der Waals surface area contributed by atoms with E-state index >= 15 is 0 Å². The van der Waals surface area contributed by atoms with Crippen LogP contribution in [0.5, 0.6) is 0 Å². The second kappa shape index (κ2) is 9.35. The van der Waals surface area contributed by atoms with Crippen LogP contribution in [0.15, 0.2) is 66.7 Å². The van der Waals surface area contributed by atoms with Crippen LogP contribution in [-0.4, -0.2) is 38.8 Å². The van der Waals surface area contributed by atoms with Crippen molar-refractivity contribution in [3.8, 4) is 5.69 Å². The smallest absolute Gasteiger partial charge is 0.246 e. The molecule has 0 spiro atoms. The largest absolute Gasteiger partial charge is 0.395 e. The van der Waals surface area contributed by atoms with Crippen LogP contribution >= 0.6 is 11.6 Å². The van der Waals surface area contributed by atoms with Crippen LogP contribution in [0.2, 0.25) is 5.15 Å². The normalized spacial score (nSPS) is 11.1. The predicted octanol–water partition coefficient (Wildman–Crippen LogP) is 3.87. The van der Waals surface area contributed by atoms with E-state index < -0.39 is 0 Å². The number of aliphatic hydroxyl groups is 1. The average molecular weight is 396 g/mol. The summed E-state index contributed by atoms with van der Waals surface area (Å²) < 4.78 is 1.65. The fourth-order valence-electron chi connectivity index (χ4n) is 2.89. The molecule has 1 N–H and O–H groups in total. The number of para-hydroxylation sites is 1. The van der Waals surface area contributed by atoms with Crippen molar-refractivity contribution >= 4 is 23.6 Å². The molecule has 2 aromatic carbocycles. The van der Waals surface area contributed by atoms with Crippen molar-refractivity contribution < 1.29 is 9.90 Å². The number of rotatable bonds is 7. The summed E-state index contributed by atoms with van der Waals surface area (Å²) in [6.07, 6.45) is 3.16. The Bertz CT molecular complexity index is 953. The van der Waals surface area contributed by atoms with Crippen molar-refractivity contribution in [2.24, 2.45) is 0 Å². The molecule has 1 heterocycles. The maximum atomic E-state index is 12.7. The molecule has 0 fully saturated rings. The standard InChI is InChI=1S/C22H22ClN3O2/c1-17-20(22(23)26(24-17)19-10-6-3-7-11-19)12-13-21(28)25(14-15-27)16-18-8-4-2-5-9-18/h2-13,27H,14-16H2,1H3/b13-12+. The lowest BCUT2D eigenvalue weighted by atomic mass is 10.2. The van der Waals surface area contributed by atoms with E-state index in [2.05, 4.69) is 5.10 Å².